The zero-order chi connectivity index (χ0) is 16.9. The number of anilines is 2. The van der Waals surface area contributed by atoms with Crippen molar-refractivity contribution in [1.82, 2.24) is 0 Å². The summed E-state index contributed by atoms with van der Waals surface area (Å²) >= 11 is 0. The molecule has 1 amide bonds. The number of nitrogens with one attached hydrogen (secondary N) is 1. The van der Waals surface area contributed by atoms with Gasteiger partial charge in [0.2, 0.25) is 0 Å². The van der Waals surface area contributed by atoms with Gasteiger partial charge in [0, 0.05) is 11.3 Å². The van der Waals surface area contributed by atoms with E-state index in [2.05, 4.69) is 5.32 Å². The quantitative estimate of drug-likeness (QED) is 0.634. The lowest BCUT2D eigenvalue weighted by atomic mass is 10.1. The first kappa shape index (κ1) is 15.4. The molecule has 5 nitrogen and oxygen atoms in total. The van der Waals surface area contributed by atoms with Crippen molar-refractivity contribution in [3.05, 3.63) is 78.4 Å². The Kier molecular flexibility index (Phi) is 4.34. The first-order valence-electron chi connectivity index (χ1n) is 7.34. The van der Waals surface area contributed by atoms with Crippen LogP contribution >= 0.6 is 0 Å². The predicted molar refractivity (Wildman–Crippen MR) is 93.4 cm³/mol. The number of amides is 1. The van der Waals surface area contributed by atoms with Crippen molar-refractivity contribution in [3.63, 3.8) is 0 Å². The van der Waals surface area contributed by atoms with Crippen molar-refractivity contribution in [2.45, 2.75) is 0 Å². The number of hydrogen-bond donors (Lipinski definition) is 3. The molecule has 3 rings (SSSR count). The molecular weight excluding hydrogens is 304 g/mol. The smallest absolute Gasteiger partial charge is 0.255 e. The van der Waals surface area contributed by atoms with E-state index >= 15 is 0 Å². The third-order valence-electron chi connectivity index (χ3n) is 3.37. The molecule has 0 bridgehead atoms. The van der Waals surface area contributed by atoms with Crippen LogP contribution in [0.3, 0.4) is 0 Å². The van der Waals surface area contributed by atoms with Crippen molar-refractivity contribution in [1.29, 1.82) is 0 Å². The van der Waals surface area contributed by atoms with Crippen molar-refractivity contribution in [2.75, 3.05) is 11.1 Å². The van der Waals surface area contributed by atoms with Gasteiger partial charge in [0.05, 0.1) is 5.69 Å². The number of phenols is 1. The number of phenolic OH excluding ortho intramolecular Hbond substituents is 1. The molecule has 3 aromatic carbocycles. The van der Waals surface area contributed by atoms with Gasteiger partial charge >= 0.3 is 0 Å². The number of para-hydroxylation sites is 1. The second kappa shape index (κ2) is 6.75. The van der Waals surface area contributed by atoms with E-state index in [1.54, 1.807) is 30.3 Å². The molecule has 0 aromatic heterocycles. The van der Waals surface area contributed by atoms with Crippen LogP contribution in [0.1, 0.15) is 10.4 Å². The van der Waals surface area contributed by atoms with Gasteiger partial charge in [-0.2, -0.15) is 0 Å². The summed E-state index contributed by atoms with van der Waals surface area (Å²) in [5.74, 6) is 0.894. The summed E-state index contributed by atoms with van der Waals surface area (Å²) in [7, 11) is 0. The van der Waals surface area contributed by atoms with Gasteiger partial charge in [0.15, 0.2) is 0 Å². The highest BCUT2D eigenvalue weighted by Gasteiger charge is 2.10. The minimum absolute atomic E-state index is 0.156. The van der Waals surface area contributed by atoms with E-state index in [0.717, 1.165) is 0 Å². The van der Waals surface area contributed by atoms with Crippen LogP contribution in [-0.2, 0) is 0 Å². The van der Waals surface area contributed by atoms with E-state index < -0.39 is 0 Å². The summed E-state index contributed by atoms with van der Waals surface area (Å²) < 4.78 is 5.65. The maximum absolute atomic E-state index is 12.2. The van der Waals surface area contributed by atoms with E-state index in [1.165, 1.54) is 12.1 Å². The number of ether oxygens (including phenoxy) is 1. The van der Waals surface area contributed by atoms with Crippen molar-refractivity contribution < 1.29 is 14.6 Å². The minimum Gasteiger partial charge on any atom is -0.508 e. The van der Waals surface area contributed by atoms with Gasteiger partial charge in [-0.1, -0.05) is 18.2 Å². The molecule has 0 radical (unpaired) electrons. The van der Waals surface area contributed by atoms with E-state index in [4.69, 9.17) is 10.5 Å². The van der Waals surface area contributed by atoms with Gasteiger partial charge in [-0.25, -0.2) is 0 Å². The van der Waals surface area contributed by atoms with E-state index in [0.29, 0.717) is 28.4 Å². The SMILES string of the molecule is Nc1cc(C(=O)Nc2ccccc2)ccc1Oc1ccc(O)cc1. The second-order valence-electron chi connectivity index (χ2n) is 5.17. The van der Waals surface area contributed by atoms with Crippen LogP contribution in [0.5, 0.6) is 17.2 Å². The molecule has 0 fully saturated rings. The molecule has 0 atom stereocenters. The lowest BCUT2D eigenvalue weighted by Gasteiger charge is -2.10. The number of hydrogen-bond acceptors (Lipinski definition) is 4. The summed E-state index contributed by atoms with van der Waals surface area (Å²) in [6.45, 7) is 0. The molecule has 0 spiro atoms. The third kappa shape index (κ3) is 3.64. The molecule has 4 N–H and O–H groups in total. The van der Waals surface area contributed by atoms with Gasteiger partial charge in [0.1, 0.15) is 17.2 Å². The lowest BCUT2D eigenvalue weighted by molar-refractivity contribution is 0.102. The molecule has 0 heterocycles. The molecule has 120 valence electrons. The maximum atomic E-state index is 12.2. The molecular formula is C19H16N2O3. The van der Waals surface area contributed by atoms with Gasteiger partial charge in [-0.15, -0.1) is 0 Å². The summed E-state index contributed by atoms with van der Waals surface area (Å²) in [6, 6.07) is 20.3. The van der Waals surface area contributed by atoms with Gasteiger partial charge in [0.25, 0.3) is 5.91 Å². The highest BCUT2D eigenvalue weighted by atomic mass is 16.5. The van der Waals surface area contributed by atoms with E-state index in [1.807, 2.05) is 30.3 Å². The van der Waals surface area contributed by atoms with Crippen LogP contribution in [0.2, 0.25) is 0 Å². The maximum Gasteiger partial charge on any atom is 0.255 e. The normalized spacial score (nSPS) is 10.2. The van der Waals surface area contributed by atoms with Crippen molar-refractivity contribution >= 4 is 17.3 Å². The van der Waals surface area contributed by atoms with Crippen LogP contribution in [0, 0.1) is 0 Å². The Morgan fingerprint density at radius 2 is 1.67 bits per heavy atom. The average molecular weight is 320 g/mol. The number of nitrogen functional groups attached to an aromatic ring is 1. The molecule has 0 saturated heterocycles. The summed E-state index contributed by atoms with van der Waals surface area (Å²) in [4.78, 5) is 12.2. The first-order valence-corrected chi connectivity index (χ1v) is 7.34. The van der Waals surface area contributed by atoms with Gasteiger partial charge in [-0.3, -0.25) is 4.79 Å². The monoisotopic (exact) mass is 320 g/mol. The average Bonchev–Trinajstić information content (AvgIpc) is 2.59. The summed E-state index contributed by atoms with van der Waals surface area (Å²) in [6.07, 6.45) is 0. The van der Waals surface area contributed by atoms with Crippen LogP contribution in [0.25, 0.3) is 0 Å². The standard InChI is InChI=1S/C19H16N2O3/c20-17-12-13(19(23)21-14-4-2-1-3-5-14)6-11-18(17)24-16-9-7-15(22)8-10-16/h1-12,22H,20H2,(H,21,23). The zero-order valence-corrected chi connectivity index (χ0v) is 12.8. The molecule has 5 heteroatoms. The molecule has 24 heavy (non-hydrogen) atoms. The molecule has 3 aromatic rings. The second-order valence-corrected chi connectivity index (χ2v) is 5.17. The Hall–Kier alpha value is -3.47. The lowest BCUT2D eigenvalue weighted by Crippen LogP contribution is -2.12. The third-order valence-corrected chi connectivity index (χ3v) is 3.37. The number of carbonyl (C=O) groups excluding carboxylic acids is 1. The van der Waals surface area contributed by atoms with Gasteiger partial charge in [-0.05, 0) is 54.6 Å². The zero-order valence-electron chi connectivity index (χ0n) is 12.8. The van der Waals surface area contributed by atoms with Crippen molar-refractivity contribution in [2.24, 2.45) is 0 Å². The largest absolute Gasteiger partial charge is 0.508 e. The number of rotatable bonds is 4. The fourth-order valence-corrected chi connectivity index (χ4v) is 2.15. The van der Waals surface area contributed by atoms with Crippen LogP contribution in [0.15, 0.2) is 72.8 Å². The Balaban J connectivity index is 1.74. The van der Waals surface area contributed by atoms with Crippen LogP contribution < -0.4 is 15.8 Å². The van der Waals surface area contributed by atoms with Gasteiger partial charge < -0.3 is 20.9 Å². The highest BCUT2D eigenvalue weighted by Crippen LogP contribution is 2.29. The highest BCUT2D eigenvalue weighted by molar-refractivity contribution is 6.05. The number of benzene rings is 3. The summed E-state index contributed by atoms with van der Waals surface area (Å²) in [5.41, 5.74) is 7.48. The number of nitrogens with two attached hydrogens (primary N) is 1. The van der Waals surface area contributed by atoms with E-state index in [-0.39, 0.29) is 11.7 Å². The summed E-state index contributed by atoms with van der Waals surface area (Å²) in [5, 5.41) is 12.1. The van der Waals surface area contributed by atoms with Crippen molar-refractivity contribution in [3.8, 4) is 17.2 Å². The molecule has 0 aliphatic heterocycles. The Bertz CT molecular complexity index is 846. The Labute approximate surface area is 139 Å². The van der Waals surface area contributed by atoms with Crippen LogP contribution in [-0.4, -0.2) is 11.0 Å². The number of aromatic hydroxyl groups is 1. The Morgan fingerprint density at radius 3 is 2.33 bits per heavy atom. The van der Waals surface area contributed by atoms with E-state index in [9.17, 15) is 9.90 Å². The first-order chi connectivity index (χ1) is 11.6. The minimum atomic E-state index is -0.246. The molecule has 0 saturated carbocycles. The topological polar surface area (TPSA) is 84.6 Å². The molecule has 0 aliphatic carbocycles. The van der Waals surface area contributed by atoms with Crippen LogP contribution in [0.4, 0.5) is 11.4 Å². The fourth-order valence-electron chi connectivity index (χ4n) is 2.15. The predicted octanol–water partition coefficient (Wildman–Crippen LogP) is 4.02. The number of carbonyl (C=O) groups is 1. The Morgan fingerprint density at radius 1 is 0.958 bits per heavy atom. The fraction of sp³-hybridized carbons (Fsp3) is 0. The molecule has 0 unspecified atom stereocenters. The molecule has 0 aliphatic rings.